The van der Waals surface area contributed by atoms with Gasteiger partial charge in [0.15, 0.2) is 0 Å². The number of carbonyl (C=O) groups is 1. The fraction of sp³-hybridized carbons (Fsp3) is 0.462. The van der Waals surface area contributed by atoms with Crippen molar-refractivity contribution in [3.05, 3.63) is 38.9 Å². The zero-order valence-corrected chi connectivity index (χ0v) is 12.4. The molecule has 0 aromatic heterocycles. The van der Waals surface area contributed by atoms with E-state index in [0.29, 0.717) is 13.2 Å². The molecule has 0 aliphatic heterocycles. The summed E-state index contributed by atoms with van der Waals surface area (Å²) in [6.45, 7) is 6.40. The average molecular weight is 301 g/mol. The number of nitrogens with one attached hydrogen (secondary N) is 1. The van der Waals surface area contributed by atoms with E-state index >= 15 is 0 Å². The highest BCUT2D eigenvalue weighted by atomic mass is 35.5. The van der Waals surface area contributed by atoms with E-state index in [4.69, 9.17) is 16.3 Å². The number of benzene rings is 1. The molecule has 1 amide bonds. The van der Waals surface area contributed by atoms with Gasteiger partial charge in [-0.2, -0.15) is 0 Å². The number of hydrogen-bond donors (Lipinski definition) is 1. The lowest BCUT2D eigenvalue weighted by Gasteiger charge is -2.24. The van der Waals surface area contributed by atoms with Gasteiger partial charge in [-0.3, -0.25) is 14.9 Å². The van der Waals surface area contributed by atoms with E-state index in [1.54, 1.807) is 0 Å². The second-order valence-corrected chi connectivity index (χ2v) is 5.21. The largest absolute Gasteiger partial charge is 0.374 e. The quantitative estimate of drug-likeness (QED) is 0.647. The third kappa shape index (κ3) is 4.47. The minimum absolute atomic E-state index is 0.00111. The molecule has 0 saturated heterocycles. The number of hydrogen-bond acceptors (Lipinski definition) is 4. The zero-order chi connectivity index (χ0) is 15.3. The minimum Gasteiger partial charge on any atom is -0.374 e. The first-order valence-corrected chi connectivity index (χ1v) is 6.50. The van der Waals surface area contributed by atoms with Crippen LogP contribution in [0, 0.1) is 10.1 Å². The van der Waals surface area contributed by atoms with Crippen LogP contribution in [0.1, 0.15) is 31.1 Å². The van der Waals surface area contributed by atoms with Crippen LogP contribution in [0.5, 0.6) is 0 Å². The van der Waals surface area contributed by atoms with Crippen LogP contribution in [0.4, 0.5) is 5.69 Å². The van der Waals surface area contributed by atoms with Crippen molar-refractivity contribution in [2.75, 3.05) is 13.2 Å². The van der Waals surface area contributed by atoms with Crippen molar-refractivity contribution in [1.29, 1.82) is 0 Å². The van der Waals surface area contributed by atoms with Crippen LogP contribution in [-0.4, -0.2) is 29.6 Å². The van der Waals surface area contributed by atoms with Crippen molar-refractivity contribution >= 4 is 23.2 Å². The second kappa shape index (κ2) is 6.67. The van der Waals surface area contributed by atoms with Gasteiger partial charge in [0.1, 0.15) is 5.02 Å². The normalized spacial score (nSPS) is 11.2. The van der Waals surface area contributed by atoms with Crippen LogP contribution in [0.25, 0.3) is 0 Å². The molecule has 7 heteroatoms. The maximum Gasteiger partial charge on any atom is 0.288 e. The molecule has 0 atom stereocenters. The van der Waals surface area contributed by atoms with Gasteiger partial charge in [-0.25, -0.2) is 0 Å². The monoisotopic (exact) mass is 300 g/mol. The zero-order valence-electron chi connectivity index (χ0n) is 11.6. The number of ether oxygens (including phenoxy) is 1. The standard InChI is InChI=1S/C13H17ClN2O4/c1-4-20-13(2,3)8-15-12(17)9-5-6-10(14)11(7-9)16(18)19/h5-7H,4,8H2,1-3H3,(H,15,17). The lowest BCUT2D eigenvalue weighted by atomic mass is 10.1. The summed E-state index contributed by atoms with van der Waals surface area (Å²) < 4.78 is 5.45. The molecule has 6 nitrogen and oxygen atoms in total. The highest BCUT2D eigenvalue weighted by molar-refractivity contribution is 6.32. The van der Waals surface area contributed by atoms with Gasteiger partial charge >= 0.3 is 0 Å². The Kier molecular flexibility index (Phi) is 5.47. The Hall–Kier alpha value is -1.66. The Balaban J connectivity index is 2.78. The van der Waals surface area contributed by atoms with Gasteiger partial charge in [0, 0.05) is 24.8 Å². The van der Waals surface area contributed by atoms with E-state index in [9.17, 15) is 14.9 Å². The molecule has 0 fully saturated rings. The maximum absolute atomic E-state index is 11.9. The third-order valence-electron chi connectivity index (χ3n) is 2.61. The van der Waals surface area contributed by atoms with Crippen molar-refractivity contribution in [2.24, 2.45) is 0 Å². The van der Waals surface area contributed by atoms with Crippen molar-refractivity contribution in [1.82, 2.24) is 5.32 Å². The van der Waals surface area contributed by atoms with E-state index < -0.39 is 16.4 Å². The molecule has 1 N–H and O–H groups in total. The SMILES string of the molecule is CCOC(C)(C)CNC(=O)c1ccc(Cl)c([N+](=O)[O-])c1. The summed E-state index contributed by atoms with van der Waals surface area (Å²) >= 11 is 5.69. The van der Waals surface area contributed by atoms with Gasteiger partial charge in [-0.05, 0) is 32.9 Å². The lowest BCUT2D eigenvalue weighted by Crippen LogP contribution is -2.40. The highest BCUT2D eigenvalue weighted by Crippen LogP contribution is 2.25. The predicted octanol–water partition coefficient (Wildman–Crippen LogP) is 2.79. The van der Waals surface area contributed by atoms with Gasteiger partial charge in [0.05, 0.1) is 10.5 Å². The van der Waals surface area contributed by atoms with Crippen molar-refractivity contribution in [3.63, 3.8) is 0 Å². The van der Waals surface area contributed by atoms with Gasteiger partial charge < -0.3 is 10.1 Å². The smallest absolute Gasteiger partial charge is 0.288 e. The molecule has 1 rings (SSSR count). The van der Waals surface area contributed by atoms with Crippen LogP contribution in [-0.2, 0) is 4.74 Å². The second-order valence-electron chi connectivity index (χ2n) is 4.80. The Labute approximate surface area is 122 Å². The van der Waals surface area contributed by atoms with Crippen molar-refractivity contribution < 1.29 is 14.5 Å². The maximum atomic E-state index is 11.9. The summed E-state index contributed by atoms with van der Waals surface area (Å²) in [5, 5.41) is 13.4. The Morgan fingerprint density at radius 1 is 1.50 bits per heavy atom. The Morgan fingerprint density at radius 3 is 2.70 bits per heavy atom. The lowest BCUT2D eigenvalue weighted by molar-refractivity contribution is -0.384. The molecule has 0 aliphatic carbocycles. The molecule has 0 unspecified atom stereocenters. The first-order chi connectivity index (χ1) is 9.26. The van der Waals surface area contributed by atoms with Crippen molar-refractivity contribution in [2.45, 2.75) is 26.4 Å². The number of nitrogens with zero attached hydrogens (tertiary/aromatic N) is 1. The van der Waals surface area contributed by atoms with Gasteiger partial charge in [-0.1, -0.05) is 11.6 Å². The average Bonchev–Trinajstić information content (AvgIpc) is 2.36. The Morgan fingerprint density at radius 2 is 2.15 bits per heavy atom. The molecular formula is C13H17ClN2O4. The number of amides is 1. The number of rotatable bonds is 6. The number of halogens is 1. The molecule has 0 spiro atoms. The molecule has 0 bridgehead atoms. The first kappa shape index (κ1) is 16.4. The molecular weight excluding hydrogens is 284 g/mol. The van der Waals surface area contributed by atoms with Crippen LogP contribution in [0.2, 0.25) is 5.02 Å². The molecule has 110 valence electrons. The first-order valence-electron chi connectivity index (χ1n) is 6.13. The van der Waals surface area contributed by atoms with Gasteiger partial charge in [0.2, 0.25) is 0 Å². The topological polar surface area (TPSA) is 81.5 Å². The van der Waals surface area contributed by atoms with Crippen LogP contribution in [0.15, 0.2) is 18.2 Å². The van der Waals surface area contributed by atoms with E-state index in [2.05, 4.69) is 5.32 Å². The summed E-state index contributed by atoms with van der Waals surface area (Å²) in [7, 11) is 0. The molecule has 0 saturated carbocycles. The molecule has 20 heavy (non-hydrogen) atoms. The fourth-order valence-electron chi connectivity index (χ4n) is 1.63. The summed E-state index contributed by atoms with van der Waals surface area (Å²) in [5.41, 5.74) is -0.597. The summed E-state index contributed by atoms with van der Waals surface area (Å²) in [5.74, 6) is -0.405. The van der Waals surface area contributed by atoms with E-state index in [-0.39, 0.29) is 16.3 Å². The van der Waals surface area contributed by atoms with Crippen LogP contribution in [0.3, 0.4) is 0 Å². The Bertz CT molecular complexity index is 517. The summed E-state index contributed by atoms with van der Waals surface area (Å²) in [6, 6.07) is 3.94. The molecule has 0 aliphatic rings. The molecule has 1 aromatic carbocycles. The summed E-state index contributed by atoms with van der Waals surface area (Å²) in [6.07, 6.45) is 0. The molecule has 1 aromatic rings. The highest BCUT2D eigenvalue weighted by Gasteiger charge is 2.20. The van der Waals surface area contributed by atoms with E-state index in [1.807, 2.05) is 20.8 Å². The van der Waals surface area contributed by atoms with Crippen LogP contribution >= 0.6 is 11.6 Å². The summed E-state index contributed by atoms with van der Waals surface area (Å²) in [4.78, 5) is 22.1. The minimum atomic E-state index is -0.622. The van der Waals surface area contributed by atoms with Gasteiger partial charge in [0.25, 0.3) is 11.6 Å². The van der Waals surface area contributed by atoms with Crippen molar-refractivity contribution in [3.8, 4) is 0 Å². The van der Waals surface area contributed by atoms with Crippen LogP contribution < -0.4 is 5.32 Å². The number of carbonyl (C=O) groups excluding carboxylic acids is 1. The predicted molar refractivity (Wildman–Crippen MR) is 76.1 cm³/mol. The van der Waals surface area contributed by atoms with E-state index in [1.165, 1.54) is 12.1 Å². The third-order valence-corrected chi connectivity index (χ3v) is 2.93. The number of nitro groups is 1. The molecule has 0 radical (unpaired) electrons. The van der Waals surface area contributed by atoms with Gasteiger partial charge in [-0.15, -0.1) is 0 Å². The molecule has 0 heterocycles. The van der Waals surface area contributed by atoms with E-state index in [0.717, 1.165) is 6.07 Å². The fourth-order valence-corrected chi connectivity index (χ4v) is 1.82. The number of nitro benzene ring substituents is 1.